The van der Waals surface area contributed by atoms with Crippen LogP contribution in [0.4, 0.5) is 5.69 Å². The maximum absolute atomic E-state index is 11.6. The van der Waals surface area contributed by atoms with Crippen molar-refractivity contribution in [2.24, 2.45) is 0 Å². The molecule has 1 unspecified atom stereocenters. The second-order valence-electron chi connectivity index (χ2n) is 3.24. The van der Waals surface area contributed by atoms with E-state index in [9.17, 15) is 14.9 Å². The Morgan fingerprint density at radius 1 is 1.68 bits per heavy atom. The summed E-state index contributed by atoms with van der Waals surface area (Å²) in [5.41, 5.74) is -0.950. The number of ether oxygens (including phenoxy) is 1. The first-order valence-electron chi connectivity index (χ1n) is 4.98. The quantitative estimate of drug-likeness (QED) is 0.366. The van der Waals surface area contributed by atoms with Gasteiger partial charge in [0.05, 0.1) is 22.6 Å². The Morgan fingerprint density at radius 3 is 2.79 bits per heavy atom. The van der Waals surface area contributed by atoms with Crippen LogP contribution < -0.4 is 0 Å². The summed E-state index contributed by atoms with van der Waals surface area (Å²) in [5.74, 6) is -2.46. The third-order valence-electron chi connectivity index (χ3n) is 2.06. The predicted molar refractivity (Wildman–Crippen MR) is 65.9 cm³/mol. The number of nitrogens with zero attached hydrogens (tertiary/aromatic N) is 3. The van der Waals surface area contributed by atoms with E-state index in [-0.39, 0.29) is 22.5 Å². The van der Waals surface area contributed by atoms with E-state index in [0.29, 0.717) is 0 Å². The Labute approximate surface area is 117 Å². The normalized spacial score (nSPS) is 11.5. The first-order chi connectivity index (χ1) is 8.92. The monoisotopic (exact) mass is 303 g/mol. The summed E-state index contributed by atoms with van der Waals surface area (Å²) in [6.07, 6.45) is 0. The van der Waals surface area contributed by atoms with Crippen LogP contribution in [0.25, 0.3) is 0 Å². The molecule has 19 heavy (non-hydrogen) atoms. The van der Waals surface area contributed by atoms with Crippen molar-refractivity contribution in [3.8, 4) is 6.07 Å². The largest absolute Gasteiger partial charge is 0.465 e. The van der Waals surface area contributed by atoms with Gasteiger partial charge in [-0.25, -0.2) is 4.98 Å². The van der Waals surface area contributed by atoms with Gasteiger partial charge in [0.1, 0.15) is 10.8 Å². The fourth-order valence-electron chi connectivity index (χ4n) is 1.28. The van der Waals surface area contributed by atoms with Crippen LogP contribution in [0.2, 0.25) is 10.2 Å². The topological polar surface area (TPSA) is 106 Å². The number of nitriles is 1. The van der Waals surface area contributed by atoms with Crippen LogP contribution in [0.1, 0.15) is 18.5 Å². The molecule has 100 valence electrons. The van der Waals surface area contributed by atoms with E-state index in [4.69, 9.17) is 28.5 Å². The van der Waals surface area contributed by atoms with Crippen molar-refractivity contribution in [3.05, 3.63) is 32.1 Å². The maximum Gasteiger partial charge on any atom is 0.329 e. The zero-order chi connectivity index (χ0) is 14.6. The van der Waals surface area contributed by atoms with Gasteiger partial charge in [-0.15, -0.1) is 0 Å². The molecule has 0 saturated carbocycles. The number of aromatic nitrogens is 1. The summed E-state index contributed by atoms with van der Waals surface area (Å²) >= 11 is 11.3. The Balaban J connectivity index is 3.39. The molecule has 0 aliphatic carbocycles. The smallest absolute Gasteiger partial charge is 0.329 e. The van der Waals surface area contributed by atoms with Crippen LogP contribution in [0, 0.1) is 21.4 Å². The van der Waals surface area contributed by atoms with Crippen LogP contribution in [-0.2, 0) is 9.53 Å². The molecule has 0 radical (unpaired) electrons. The number of hydrogen-bond acceptors (Lipinski definition) is 6. The molecule has 0 bridgehead atoms. The van der Waals surface area contributed by atoms with Gasteiger partial charge in [-0.3, -0.25) is 14.9 Å². The highest BCUT2D eigenvalue weighted by atomic mass is 35.5. The van der Waals surface area contributed by atoms with Crippen molar-refractivity contribution in [3.63, 3.8) is 0 Å². The summed E-state index contributed by atoms with van der Waals surface area (Å²) in [5, 5.41) is 19.5. The van der Waals surface area contributed by atoms with Crippen molar-refractivity contribution in [2.45, 2.75) is 12.8 Å². The van der Waals surface area contributed by atoms with Gasteiger partial charge in [0.25, 0.3) is 5.69 Å². The number of hydrogen-bond donors (Lipinski definition) is 0. The summed E-state index contributed by atoms with van der Waals surface area (Å²) < 4.78 is 4.65. The van der Waals surface area contributed by atoms with Gasteiger partial charge in [-0.2, -0.15) is 5.26 Å². The average molecular weight is 304 g/mol. The first kappa shape index (κ1) is 15.1. The van der Waals surface area contributed by atoms with Gasteiger partial charge in [-0.05, 0) is 6.92 Å². The molecule has 0 saturated heterocycles. The first-order valence-corrected chi connectivity index (χ1v) is 5.74. The van der Waals surface area contributed by atoms with Gasteiger partial charge in [-0.1, -0.05) is 23.2 Å². The third-order valence-corrected chi connectivity index (χ3v) is 2.74. The number of rotatable bonds is 4. The number of nitro groups is 1. The molecule has 9 heteroatoms. The Kier molecular flexibility index (Phi) is 5.03. The molecule has 1 atom stereocenters. The van der Waals surface area contributed by atoms with E-state index >= 15 is 0 Å². The minimum absolute atomic E-state index is 0.0339. The van der Waals surface area contributed by atoms with Gasteiger partial charge in [0, 0.05) is 6.07 Å². The molecule has 0 N–H and O–H groups in total. The molecular formula is C10H7Cl2N3O4. The molecule has 0 aromatic carbocycles. The Bertz CT molecular complexity index is 571. The van der Waals surface area contributed by atoms with E-state index in [1.807, 2.05) is 0 Å². The lowest BCUT2D eigenvalue weighted by Crippen LogP contribution is -2.17. The molecule has 0 aliphatic rings. The van der Waals surface area contributed by atoms with Crippen molar-refractivity contribution in [1.82, 2.24) is 4.98 Å². The highest BCUT2D eigenvalue weighted by Crippen LogP contribution is 2.32. The molecule has 0 spiro atoms. The summed E-state index contributed by atoms with van der Waals surface area (Å²) in [7, 11) is 0. The molecule has 0 fully saturated rings. The lowest BCUT2D eigenvalue weighted by atomic mass is 10.1. The van der Waals surface area contributed by atoms with Crippen molar-refractivity contribution < 1.29 is 14.5 Å². The highest BCUT2D eigenvalue weighted by Gasteiger charge is 2.32. The second kappa shape index (κ2) is 6.31. The number of carbonyl (C=O) groups excluding carboxylic acids is 1. The third kappa shape index (κ3) is 3.30. The fourth-order valence-corrected chi connectivity index (χ4v) is 1.57. The summed E-state index contributed by atoms with van der Waals surface area (Å²) in [6.45, 7) is 1.58. The number of halogens is 2. The number of pyridine rings is 1. The van der Waals surface area contributed by atoms with Gasteiger partial charge < -0.3 is 4.74 Å². The lowest BCUT2D eigenvalue weighted by Gasteiger charge is -2.09. The molecule has 1 aromatic rings. The molecule has 7 nitrogen and oxygen atoms in total. The molecule has 1 heterocycles. The number of carbonyl (C=O) groups is 1. The maximum atomic E-state index is 11.6. The van der Waals surface area contributed by atoms with E-state index in [1.165, 1.54) is 0 Å². The van der Waals surface area contributed by atoms with E-state index in [1.54, 1.807) is 13.0 Å². The summed E-state index contributed by atoms with van der Waals surface area (Å²) in [4.78, 5) is 25.3. The highest BCUT2D eigenvalue weighted by molar-refractivity contribution is 6.41. The number of esters is 1. The fraction of sp³-hybridized carbons (Fsp3) is 0.300. The Hall–Kier alpha value is -1.91. The molecule has 0 aliphatic heterocycles. The predicted octanol–water partition coefficient (Wildman–Crippen LogP) is 2.47. The van der Waals surface area contributed by atoms with Gasteiger partial charge in [0.15, 0.2) is 5.92 Å². The Morgan fingerprint density at radius 2 is 2.32 bits per heavy atom. The second-order valence-corrected chi connectivity index (χ2v) is 4.00. The molecule has 1 aromatic heterocycles. The van der Waals surface area contributed by atoms with Crippen LogP contribution in [-0.4, -0.2) is 22.5 Å². The average Bonchev–Trinajstić information content (AvgIpc) is 2.34. The summed E-state index contributed by atoms with van der Waals surface area (Å²) in [6, 6.07) is 2.54. The van der Waals surface area contributed by atoms with E-state index in [2.05, 4.69) is 9.72 Å². The van der Waals surface area contributed by atoms with Crippen LogP contribution in [0.3, 0.4) is 0 Å². The van der Waals surface area contributed by atoms with Crippen LogP contribution >= 0.6 is 23.2 Å². The zero-order valence-electron chi connectivity index (χ0n) is 9.59. The van der Waals surface area contributed by atoms with Crippen molar-refractivity contribution >= 4 is 34.9 Å². The molecular weight excluding hydrogens is 297 g/mol. The van der Waals surface area contributed by atoms with E-state index < -0.39 is 22.5 Å². The van der Waals surface area contributed by atoms with E-state index in [0.717, 1.165) is 6.07 Å². The van der Waals surface area contributed by atoms with Crippen LogP contribution in [0.5, 0.6) is 0 Å². The molecule has 1 rings (SSSR count). The van der Waals surface area contributed by atoms with Gasteiger partial charge in [0.2, 0.25) is 0 Å². The minimum Gasteiger partial charge on any atom is -0.465 e. The minimum atomic E-state index is -1.53. The SMILES string of the molecule is CCOC(=O)C(C#N)c1nc(Cl)c(Cl)cc1[N+](=O)[O-]. The molecule has 0 amide bonds. The van der Waals surface area contributed by atoms with Crippen molar-refractivity contribution in [1.29, 1.82) is 5.26 Å². The lowest BCUT2D eigenvalue weighted by molar-refractivity contribution is -0.386. The standard InChI is InChI=1S/C10H7Cl2N3O4/c1-2-19-10(16)5(4-13)8-7(15(17)18)3-6(11)9(12)14-8/h3,5H,2H2,1H3. The van der Waals surface area contributed by atoms with Gasteiger partial charge >= 0.3 is 5.97 Å². The van der Waals surface area contributed by atoms with Crippen LogP contribution in [0.15, 0.2) is 6.07 Å². The van der Waals surface area contributed by atoms with Crippen molar-refractivity contribution in [2.75, 3.05) is 6.61 Å². The zero-order valence-corrected chi connectivity index (χ0v) is 11.1.